The molecule has 5 rings (SSSR count). The first-order chi connectivity index (χ1) is 18.1. The van der Waals surface area contributed by atoms with E-state index in [2.05, 4.69) is 60.4 Å². The molecular weight excluding hydrogens is 483 g/mol. The molecule has 0 saturated carbocycles. The summed E-state index contributed by atoms with van der Waals surface area (Å²) in [6.07, 6.45) is 4.50. The van der Waals surface area contributed by atoms with Gasteiger partial charge in [-0.3, -0.25) is 4.90 Å². The highest BCUT2D eigenvalue weighted by molar-refractivity contribution is 6.32. The number of nitrogens with zero attached hydrogens (tertiary/aromatic N) is 2. The molecule has 1 fully saturated rings. The lowest BCUT2D eigenvalue weighted by Gasteiger charge is -2.37. The maximum absolute atomic E-state index is 13.9. The number of fused-ring (bicyclic) bond motifs is 1. The van der Waals surface area contributed by atoms with E-state index >= 15 is 0 Å². The Bertz CT molecular complexity index is 1380. The van der Waals surface area contributed by atoms with Gasteiger partial charge in [0.15, 0.2) is 0 Å². The van der Waals surface area contributed by atoms with Gasteiger partial charge in [0.25, 0.3) is 0 Å². The highest BCUT2D eigenvalue weighted by atomic mass is 35.5. The standard InChI is InChI=1S/C32H30ClFN2O/c1-2-29(30-12-9-27(34)19-31(30)33)32(26-17-24-5-3-4-6-25(24)18-26)23-7-10-28(11-8-23)37-16-15-36-20-22(21-36)13-14-35/h3-12,17,19,22H,2,13,15-16,18,20-21H2,1H3/b32-29+. The van der Waals surface area contributed by atoms with Crippen LogP contribution in [0.25, 0.3) is 17.2 Å². The number of allylic oxidation sites excluding steroid dienone is 3. The Balaban J connectivity index is 1.40. The van der Waals surface area contributed by atoms with Gasteiger partial charge in [-0.1, -0.05) is 67.1 Å². The zero-order chi connectivity index (χ0) is 25.8. The van der Waals surface area contributed by atoms with Gasteiger partial charge in [-0.25, -0.2) is 4.39 Å². The summed E-state index contributed by atoms with van der Waals surface area (Å²) in [5.74, 6) is 1.00. The van der Waals surface area contributed by atoms with Gasteiger partial charge in [0.2, 0.25) is 0 Å². The summed E-state index contributed by atoms with van der Waals surface area (Å²) in [6, 6.07) is 23.6. The Hall–Kier alpha value is -3.39. The third kappa shape index (κ3) is 5.64. The molecule has 3 aromatic rings. The third-order valence-electron chi connectivity index (χ3n) is 7.23. The number of hydrogen-bond acceptors (Lipinski definition) is 3. The van der Waals surface area contributed by atoms with Crippen LogP contribution in [0.4, 0.5) is 4.39 Å². The summed E-state index contributed by atoms with van der Waals surface area (Å²) in [6.45, 7) is 5.56. The van der Waals surface area contributed by atoms with Crippen LogP contribution in [0.2, 0.25) is 5.02 Å². The minimum Gasteiger partial charge on any atom is -0.492 e. The van der Waals surface area contributed by atoms with E-state index in [0.29, 0.717) is 24.0 Å². The van der Waals surface area contributed by atoms with Gasteiger partial charge in [-0.2, -0.15) is 5.26 Å². The van der Waals surface area contributed by atoms with Crippen LogP contribution in [0.3, 0.4) is 0 Å². The summed E-state index contributed by atoms with van der Waals surface area (Å²) >= 11 is 6.55. The molecule has 188 valence electrons. The molecule has 0 radical (unpaired) electrons. The number of halogens is 2. The van der Waals surface area contributed by atoms with Crippen molar-refractivity contribution in [2.45, 2.75) is 26.2 Å². The molecule has 1 saturated heterocycles. The van der Waals surface area contributed by atoms with Crippen LogP contribution in [-0.2, 0) is 6.42 Å². The Kier molecular flexibility index (Phi) is 7.74. The smallest absolute Gasteiger partial charge is 0.124 e. The fourth-order valence-electron chi connectivity index (χ4n) is 5.36. The van der Waals surface area contributed by atoms with E-state index in [4.69, 9.17) is 21.6 Å². The lowest BCUT2D eigenvalue weighted by atomic mass is 9.87. The lowest BCUT2D eigenvalue weighted by Crippen LogP contribution is -2.47. The van der Waals surface area contributed by atoms with Crippen molar-refractivity contribution in [3.63, 3.8) is 0 Å². The molecule has 0 bridgehead atoms. The molecular formula is C32H30ClFN2O. The van der Waals surface area contributed by atoms with Crippen LogP contribution in [0.5, 0.6) is 5.75 Å². The summed E-state index contributed by atoms with van der Waals surface area (Å²) in [5.41, 5.74) is 7.96. The fraction of sp³-hybridized carbons (Fsp3) is 0.281. The number of benzene rings is 3. The number of ether oxygens (including phenoxy) is 1. The van der Waals surface area contributed by atoms with Gasteiger partial charge in [-0.15, -0.1) is 0 Å². The molecule has 37 heavy (non-hydrogen) atoms. The molecule has 0 spiro atoms. The van der Waals surface area contributed by atoms with Crippen molar-refractivity contribution in [1.29, 1.82) is 5.26 Å². The average molecular weight is 513 g/mol. The Morgan fingerprint density at radius 1 is 1.11 bits per heavy atom. The highest BCUT2D eigenvalue weighted by Crippen LogP contribution is 2.42. The van der Waals surface area contributed by atoms with Crippen molar-refractivity contribution < 1.29 is 9.13 Å². The molecule has 1 aliphatic carbocycles. The summed E-state index contributed by atoms with van der Waals surface area (Å²) in [5, 5.41) is 9.23. The third-order valence-corrected chi connectivity index (χ3v) is 7.54. The quantitative estimate of drug-likeness (QED) is 0.276. The van der Waals surface area contributed by atoms with Crippen LogP contribution in [0.1, 0.15) is 42.0 Å². The Labute approximate surface area is 223 Å². The van der Waals surface area contributed by atoms with Crippen LogP contribution < -0.4 is 4.74 Å². The predicted molar refractivity (Wildman–Crippen MR) is 149 cm³/mol. The summed E-state index contributed by atoms with van der Waals surface area (Å²) < 4.78 is 19.9. The van der Waals surface area contributed by atoms with Crippen LogP contribution in [0, 0.1) is 23.1 Å². The van der Waals surface area contributed by atoms with E-state index < -0.39 is 0 Å². The molecule has 0 amide bonds. The fourth-order valence-corrected chi connectivity index (χ4v) is 5.64. The first-order valence-electron chi connectivity index (χ1n) is 12.9. The van der Waals surface area contributed by atoms with Crippen LogP contribution in [0.15, 0.2) is 72.3 Å². The first kappa shape index (κ1) is 25.3. The number of rotatable bonds is 9. The average Bonchev–Trinajstić information content (AvgIpc) is 3.30. The zero-order valence-electron chi connectivity index (χ0n) is 21.0. The van der Waals surface area contributed by atoms with Gasteiger partial charge in [-0.05, 0) is 82.0 Å². The molecule has 3 nitrogen and oxygen atoms in total. The van der Waals surface area contributed by atoms with Gasteiger partial charge < -0.3 is 4.74 Å². The zero-order valence-corrected chi connectivity index (χ0v) is 21.8. The van der Waals surface area contributed by atoms with Crippen molar-refractivity contribution >= 4 is 28.8 Å². The van der Waals surface area contributed by atoms with E-state index in [9.17, 15) is 4.39 Å². The van der Waals surface area contributed by atoms with Crippen molar-refractivity contribution in [2.24, 2.45) is 5.92 Å². The molecule has 2 aliphatic rings. The maximum Gasteiger partial charge on any atom is 0.124 e. The number of nitriles is 1. The van der Waals surface area contributed by atoms with E-state index in [0.717, 1.165) is 60.5 Å². The minimum atomic E-state index is -0.335. The molecule has 0 atom stereocenters. The molecule has 1 heterocycles. The molecule has 1 aliphatic heterocycles. The van der Waals surface area contributed by atoms with Crippen LogP contribution in [-0.4, -0.2) is 31.1 Å². The molecule has 0 N–H and O–H groups in total. The second kappa shape index (κ2) is 11.3. The van der Waals surface area contributed by atoms with Crippen molar-refractivity contribution in [1.82, 2.24) is 4.90 Å². The summed E-state index contributed by atoms with van der Waals surface area (Å²) in [4.78, 5) is 2.32. The van der Waals surface area contributed by atoms with Crippen LogP contribution >= 0.6 is 11.6 Å². The monoisotopic (exact) mass is 512 g/mol. The van der Waals surface area contributed by atoms with Crippen molar-refractivity contribution in [3.05, 3.63) is 105 Å². The highest BCUT2D eigenvalue weighted by Gasteiger charge is 2.26. The molecule has 0 aromatic heterocycles. The Morgan fingerprint density at radius 2 is 1.89 bits per heavy atom. The molecule has 3 aromatic carbocycles. The normalized spacial score (nSPS) is 15.9. The van der Waals surface area contributed by atoms with Gasteiger partial charge in [0.1, 0.15) is 18.2 Å². The van der Waals surface area contributed by atoms with Gasteiger partial charge in [0.05, 0.1) is 11.1 Å². The summed E-state index contributed by atoms with van der Waals surface area (Å²) in [7, 11) is 0. The number of likely N-dealkylation sites (tertiary alicyclic amines) is 1. The second-order valence-corrected chi connectivity index (χ2v) is 10.1. The van der Waals surface area contributed by atoms with E-state index in [-0.39, 0.29) is 5.82 Å². The van der Waals surface area contributed by atoms with E-state index in [1.807, 2.05) is 12.1 Å². The predicted octanol–water partition coefficient (Wildman–Crippen LogP) is 7.66. The number of hydrogen-bond donors (Lipinski definition) is 0. The molecule has 0 unspecified atom stereocenters. The van der Waals surface area contributed by atoms with E-state index in [1.54, 1.807) is 6.07 Å². The molecule has 5 heteroatoms. The van der Waals surface area contributed by atoms with Gasteiger partial charge >= 0.3 is 0 Å². The lowest BCUT2D eigenvalue weighted by molar-refractivity contribution is 0.0854. The minimum absolute atomic E-state index is 0.335. The maximum atomic E-state index is 13.9. The largest absolute Gasteiger partial charge is 0.492 e. The SMILES string of the molecule is CC/C(=C(\C1=Cc2ccccc2C1)c1ccc(OCCN2CC(CC#N)C2)cc1)c1ccc(F)cc1Cl. The van der Waals surface area contributed by atoms with Crippen molar-refractivity contribution in [2.75, 3.05) is 26.2 Å². The second-order valence-electron chi connectivity index (χ2n) is 9.74. The van der Waals surface area contributed by atoms with E-state index in [1.165, 1.54) is 28.8 Å². The topological polar surface area (TPSA) is 36.3 Å². The Morgan fingerprint density at radius 3 is 2.59 bits per heavy atom. The van der Waals surface area contributed by atoms with Crippen molar-refractivity contribution in [3.8, 4) is 11.8 Å². The van der Waals surface area contributed by atoms with Gasteiger partial charge in [0, 0.05) is 26.1 Å². The first-order valence-corrected chi connectivity index (χ1v) is 13.2.